The van der Waals surface area contributed by atoms with Crippen LogP contribution in [0.4, 0.5) is 0 Å². The molecular formula is C12H11BrN2O2. The van der Waals surface area contributed by atoms with Crippen molar-refractivity contribution >= 4 is 15.9 Å². The molecule has 0 aliphatic rings. The molecule has 17 heavy (non-hydrogen) atoms. The molecule has 2 aromatic heterocycles. The van der Waals surface area contributed by atoms with E-state index in [0.29, 0.717) is 24.1 Å². The number of nitrogens with zero attached hydrogens (tertiary/aromatic N) is 2. The van der Waals surface area contributed by atoms with Crippen molar-refractivity contribution < 1.29 is 9.47 Å². The van der Waals surface area contributed by atoms with Gasteiger partial charge in [-0.25, -0.2) is 0 Å². The van der Waals surface area contributed by atoms with Crippen LogP contribution in [0.3, 0.4) is 0 Å². The molecule has 0 unspecified atom stereocenters. The van der Waals surface area contributed by atoms with Crippen LogP contribution in [0, 0.1) is 0 Å². The van der Waals surface area contributed by atoms with Crippen molar-refractivity contribution in [3.05, 3.63) is 41.1 Å². The van der Waals surface area contributed by atoms with Gasteiger partial charge in [0.05, 0.1) is 12.8 Å². The monoisotopic (exact) mass is 294 g/mol. The van der Waals surface area contributed by atoms with Crippen molar-refractivity contribution in [2.45, 2.75) is 6.92 Å². The summed E-state index contributed by atoms with van der Waals surface area (Å²) in [5.41, 5.74) is 0. The average molecular weight is 295 g/mol. The molecule has 0 aliphatic heterocycles. The molecule has 2 aromatic rings. The summed E-state index contributed by atoms with van der Waals surface area (Å²) in [6.45, 7) is 2.49. The number of rotatable bonds is 4. The minimum absolute atomic E-state index is 0.482. The Bertz CT molecular complexity index is 505. The first-order valence-electron chi connectivity index (χ1n) is 5.16. The van der Waals surface area contributed by atoms with Gasteiger partial charge < -0.3 is 9.47 Å². The van der Waals surface area contributed by atoms with E-state index in [1.807, 2.05) is 19.1 Å². The number of aromatic nitrogens is 2. The quantitative estimate of drug-likeness (QED) is 0.866. The van der Waals surface area contributed by atoms with Crippen molar-refractivity contribution in [2.75, 3.05) is 6.61 Å². The summed E-state index contributed by atoms with van der Waals surface area (Å²) < 4.78 is 11.7. The van der Waals surface area contributed by atoms with Crippen LogP contribution in [0.15, 0.2) is 41.1 Å². The molecule has 5 heteroatoms. The average Bonchev–Trinajstić information content (AvgIpc) is 2.30. The zero-order chi connectivity index (χ0) is 12.1. The molecule has 0 atom stereocenters. The number of halogens is 1. The highest BCUT2D eigenvalue weighted by Gasteiger charge is 2.01. The summed E-state index contributed by atoms with van der Waals surface area (Å²) in [5, 5.41) is 0. The van der Waals surface area contributed by atoms with E-state index in [-0.39, 0.29) is 0 Å². The lowest BCUT2D eigenvalue weighted by atomic mass is 10.4. The van der Waals surface area contributed by atoms with Gasteiger partial charge in [-0.15, -0.1) is 0 Å². The lowest BCUT2D eigenvalue weighted by molar-refractivity contribution is 0.321. The minimum atomic E-state index is 0.482. The molecule has 2 rings (SSSR count). The predicted molar refractivity (Wildman–Crippen MR) is 67.4 cm³/mol. The largest absolute Gasteiger partial charge is 0.478 e. The summed E-state index contributed by atoms with van der Waals surface area (Å²) in [5.74, 6) is 1.66. The molecule has 0 aliphatic carbocycles. The molecule has 0 saturated heterocycles. The number of hydrogen-bond donors (Lipinski definition) is 0. The summed E-state index contributed by atoms with van der Waals surface area (Å²) in [4.78, 5) is 8.21. The Kier molecular flexibility index (Phi) is 3.93. The van der Waals surface area contributed by atoms with Crippen molar-refractivity contribution in [3.63, 3.8) is 0 Å². The zero-order valence-electron chi connectivity index (χ0n) is 9.26. The Morgan fingerprint density at radius 1 is 1.24 bits per heavy atom. The van der Waals surface area contributed by atoms with E-state index in [1.165, 1.54) is 0 Å². The molecule has 0 radical (unpaired) electrons. The minimum Gasteiger partial charge on any atom is -0.478 e. The molecular weight excluding hydrogens is 284 g/mol. The van der Waals surface area contributed by atoms with E-state index >= 15 is 0 Å². The standard InChI is InChI=1S/C12H11BrN2O2/c1-2-16-11-4-3-5-12(15-11)17-10-6-9(13)7-14-8-10/h3-8H,2H2,1H3. The molecule has 0 saturated carbocycles. The van der Waals surface area contributed by atoms with E-state index in [0.717, 1.165) is 4.47 Å². The van der Waals surface area contributed by atoms with Gasteiger partial charge in [0.1, 0.15) is 5.75 Å². The van der Waals surface area contributed by atoms with E-state index in [1.54, 1.807) is 24.5 Å². The second-order valence-electron chi connectivity index (χ2n) is 3.19. The van der Waals surface area contributed by atoms with E-state index in [2.05, 4.69) is 25.9 Å². The molecule has 0 fully saturated rings. The van der Waals surface area contributed by atoms with Gasteiger partial charge in [-0.05, 0) is 28.9 Å². The van der Waals surface area contributed by atoms with Gasteiger partial charge in [0.2, 0.25) is 11.8 Å². The van der Waals surface area contributed by atoms with Crippen LogP contribution in [0.5, 0.6) is 17.5 Å². The molecule has 0 bridgehead atoms. The third-order valence-corrected chi connectivity index (χ3v) is 2.33. The second kappa shape index (κ2) is 5.63. The number of ether oxygens (including phenoxy) is 2. The first-order chi connectivity index (χ1) is 8.28. The SMILES string of the molecule is CCOc1cccc(Oc2cncc(Br)c2)n1. The van der Waals surface area contributed by atoms with Gasteiger partial charge in [0.25, 0.3) is 0 Å². The molecule has 88 valence electrons. The summed E-state index contributed by atoms with van der Waals surface area (Å²) in [6, 6.07) is 7.21. The van der Waals surface area contributed by atoms with Gasteiger partial charge in [-0.1, -0.05) is 6.07 Å². The van der Waals surface area contributed by atoms with Crippen LogP contribution in [-0.4, -0.2) is 16.6 Å². The van der Waals surface area contributed by atoms with Crippen LogP contribution in [0.2, 0.25) is 0 Å². The fourth-order valence-corrected chi connectivity index (χ4v) is 1.59. The van der Waals surface area contributed by atoms with Crippen molar-refractivity contribution in [3.8, 4) is 17.5 Å². The molecule has 0 amide bonds. The van der Waals surface area contributed by atoms with Crippen LogP contribution in [-0.2, 0) is 0 Å². The summed E-state index contributed by atoms with van der Waals surface area (Å²) in [6.07, 6.45) is 3.32. The molecule has 2 heterocycles. The maximum Gasteiger partial charge on any atom is 0.222 e. The maximum absolute atomic E-state index is 5.56. The first-order valence-corrected chi connectivity index (χ1v) is 5.95. The van der Waals surface area contributed by atoms with Crippen LogP contribution in [0.1, 0.15) is 6.92 Å². The van der Waals surface area contributed by atoms with Crippen LogP contribution in [0.25, 0.3) is 0 Å². The molecule has 0 spiro atoms. The van der Waals surface area contributed by atoms with Gasteiger partial charge in [-0.2, -0.15) is 4.98 Å². The normalized spacial score (nSPS) is 10.0. The summed E-state index contributed by atoms with van der Waals surface area (Å²) >= 11 is 3.33. The lowest BCUT2D eigenvalue weighted by Crippen LogP contribution is -1.95. The fraction of sp³-hybridized carbons (Fsp3) is 0.167. The fourth-order valence-electron chi connectivity index (χ4n) is 1.25. The third kappa shape index (κ3) is 3.42. The van der Waals surface area contributed by atoms with Gasteiger partial charge in [0, 0.05) is 22.8 Å². The van der Waals surface area contributed by atoms with E-state index in [9.17, 15) is 0 Å². The smallest absolute Gasteiger partial charge is 0.222 e. The second-order valence-corrected chi connectivity index (χ2v) is 4.10. The van der Waals surface area contributed by atoms with Crippen LogP contribution < -0.4 is 9.47 Å². The van der Waals surface area contributed by atoms with Gasteiger partial charge >= 0.3 is 0 Å². The maximum atomic E-state index is 5.56. The topological polar surface area (TPSA) is 44.2 Å². The predicted octanol–water partition coefficient (Wildman–Crippen LogP) is 3.43. The van der Waals surface area contributed by atoms with Crippen molar-refractivity contribution in [1.29, 1.82) is 0 Å². The lowest BCUT2D eigenvalue weighted by Gasteiger charge is -2.06. The van der Waals surface area contributed by atoms with Crippen molar-refractivity contribution in [2.24, 2.45) is 0 Å². The van der Waals surface area contributed by atoms with E-state index in [4.69, 9.17) is 9.47 Å². The first kappa shape index (κ1) is 11.9. The Morgan fingerprint density at radius 3 is 2.82 bits per heavy atom. The van der Waals surface area contributed by atoms with Gasteiger partial charge in [0.15, 0.2) is 0 Å². The molecule has 0 aromatic carbocycles. The Morgan fingerprint density at radius 2 is 2.06 bits per heavy atom. The molecule has 4 nitrogen and oxygen atoms in total. The Balaban J connectivity index is 2.15. The summed E-state index contributed by atoms with van der Waals surface area (Å²) in [7, 11) is 0. The Hall–Kier alpha value is -1.62. The highest BCUT2D eigenvalue weighted by atomic mass is 79.9. The highest BCUT2D eigenvalue weighted by Crippen LogP contribution is 2.23. The zero-order valence-corrected chi connectivity index (χ0v) is 10.8. The number of pyridine rings is 2. The van der Waals surface area contributed by atoms with Crippen molar-refractivity contribution in [1.82, 2.24) is 9.97 Å². The van der Waals surface area contributed by atoms with Crippen LogP contribution >= 0.6 is 15.9 Å². The third-order valence-electron chi connectivity index (χ3n) is 1.89. The van der Waals surface area contributed by atoms with Gasteiger partial charge in [-0.3, -0.25) is 4.98 Å². The van der Waals surface area contributed by atoms with E-state index < -0.39 is 0 Å². The molecule has 0 N–H and O–H groups in total. The number of hydrogen-bond acceptors (Lipinski definition) is 4. The highest BCUT2D eigenvalue weighted by molar-refractivity contribution is 9.10. The Labute approximate surface area is 108 Å².